The highest BCUT2D eigenvalue weighted by atomic mass is 32.1. The largest absolute Gasteiger partial charge is 0.308 e. The number of aromatic nitrogens is 4. The monoisotopic (exact) mass is 382 g/mol. The van der Waals surface area contributed by atoms with Crippen LogP contribution >= 0.6 is 11.3 Å². The molecule has 0 radical (unpaired) electrons. The molecule has 3 aromatic heterocycles. The molecule has 1 N–H and O–H groups in total. The number of hydrogen-bond acceptors (Lipinski definition) is 6. The van der Waals surface area contributed by atoms with Gasteiger partial charge in [-0.15, -0.1) is 11.3 Å². The lowest BCUT2D eigenvalue weighted by Crippen LogP contribution is -2.32. The zero-order chi connectivity index (χ0) is 19.1. The average molecular weight is 382 g/mol. The fraction of sp³-hybridized carbons (Fsp3) is 0.389. The van der Waals surface area contributed by atoms with Crippen LogP contribution in [0.3, 0.4) is 0 Å². The number of anilines is 1. The van der Waals surface area contributed by atoms with E-state index in [1.807, 2.05) is 6.07 Å². The van der Waals surface area contributed by atoms with Crippen molar-refractivity contribution >= 4 is 33.3 Å². The Morgan fingerprint density at radius 1 is 1.41 bits per heavy atom. The normalized spacial score (nSPS) is 14.6. The van der Waals surface area contributed by atoms with E-state index in [0.717, 1.165) is 36.1 Å². The lowest BCUT2D eigenvalue weighted by molar-refractivity contribution is -0.118. The lowest BCUT2D eigenvalue weighted by atomic mass is 9.97. The predicted molar refractivity (Wildman–Crippen MR) is 102 cm³/mol. The van der Waals surface area contributed by atoms with Crippen LogP contribution in [0.1, 0.15) is 41.8 Å². The summed E-state index contributed by atoms with van der Waals surface area (Å²) in [6.45, 7) is 1.64. The van der Waals surface area contributed by atoms with Gasteiger partial charge in [0.2, 0.25) is 5.91 Å². The smallest absolute Gasteiger partial charge is 0.263 e. The summed E-state index contributed by atoms with van der Waals surface area (Å²) >= 11 is 1.58. The molecule has 1 aliphatic carbocycles. The van der Waals surface area contributed by atoms with Crippen molar-refractivity contribution in [1.29, 1.82) is 5.26 Å². The number of rotatable bonds is 3. The first-order chi connectivity index (χ1) is 13.0. The second kappa shape index (κ2) is 6.63. The number of amides is 1. The quantitative estimate of drug-likeness (QED) is 0.747. The molecule has 1 unspecified atom stereocenters. The third-order valence-corrected chi connectivity index (χ3v) is 6.20. The van der Waals surface area contributed by atoms with E-state index in [9.17, 15) is 9.59 Å². The van der Waals surface area contributed by atoms with Crippen molar-refractivity contribution in [3.63, 3.8) is 0 Å². The summed E-state index contributed by atoms with van der Waals surface area (Å²) in [6, 6.07) is 1.22. The first-order valence-electron chi connectivity index (χ1n) is 8.75. The molecule has 0 spiro atoms. The predicted octanol–water partition coefficient (Wildman–Crippen LogP) is 2.14. The average Bonchev–Trinajstić information content (AvgIpc) is 3.22. The summed E-state index contributed by atoms with van der Waals surface area (Å²) in [6.07, 6.45) is 6.91. The molecule has 0 saturated heterocycles. The molecule has 0 bridgehead atoms. The highest BCUT2D eigenvalue weighted by Crippen LogP contribution is 2.33. The van der Waals surface area contributed by atoms with Crippen molar-refractivity contribution in [3.05, 3.63) is 38.9 Å². The van der Waals surface area contributed by atoms with Crippen LogP contribution in [0.4, 0.5) is 5.82 Å². The fourth-order valence-electron chi connectivity index (χ4n) is 3.45. The van der Waals surface area contributed by atoms with Crippen molar-refractivity contribution < 1.29 is 4.79 Å². The molecule has 1 atom stereocenters. The summed E-state index contributed by atoms with van der Waals surface area (Å²) in [5.74, 6) is -0.0909. The Kier molecular flexibility index (Phi) is 4.28. The Morgan fingerprint density at radius 3 is 2.96 bits per heavy atom. The molecule has 3 aromatic rings. The first-order valence-corrected chi connectivity index (χ1v) is 9.57. The zero-order valence-electron chi connectivity index (χ0n) is 15.0. The first kappa shape index (κ1) is 17.4. The van der Waals surface area contributed by atoms with Crippen molar-refractivity contribution in [2.75, 3.05) is 5.32 Å². The number of hydrogen-bond donors (Lipinski definition) is 1. The van der Waals surface area contributed by atoms with E-state index in [2.05, 4.69) is 15.4 Å². The fourth-order valence-corrected chi connectivity index (χ4v) is 4.67. The highest BCUT2D eigenvalue weighted by Gasteiger charge is 2.24. The maximum absolute atomic E-state index is 13.1. The van der Waals surface area contributed by atoms with E-state index in [-0.39, 0.29) is 11.1 Å². The lowest BCUT2D eigenvalue weighted by Gasteiger charge is -2.15. The zero-order valence-corrected chi connectivity index (χ0v) is 15.8. The van der Waals surface area contributed by atoms with Crippen LogP contribution < -0.4 is 10.9 Å². The summed E-state index contributed by atoms with van der Waals surface area (Å²) in [7, 11) is 1.64. The maximum atomic E-state index is 13.1. The Bertz CT molecular complexity index is 1150. The molecule has 0 aromatic carbocycles. The molecule has 4 rings (SSSR count). The second-order valence-electron chi connectivity index (χ2n) is 6.66. The van der Waals surface area contributed by atoms with Crippen LogP contribution in [0.2, 0.25) is 0 Å². The maximum Gasteiger partial charge on any atom is 0.263 e. The van der Waals surface area contributed by atoms with Gasteiger partial charge in [-0.05, 0) is 38.2 Å². The molecule has 9 heteroatoms. The Morgan fingerprint density at radius 2 is 2.19 bits per heavy atom. The minimum Gasteiger partial charge on any atom is -0.308 e. The van der Waals surface area contributed by atoms with Crippen molar-refractivity contribution in [2.24, 2.45) is 7.05 Å². The van der Waals surface area contributed by atoms with E-state index < -0.39 is 11.9 Å². The summed E-state index contributed by atoms with van der Waals surface area (Å²) in [5.41, 5.74) is 1.18. The van der Waals surface area contributed by atoms with Gasteiger partial charge < -0.3 is 5.32 Å². The Balaban J connectivity index is 1.70. The number of nitrogens with zero attached hydrogens (tertiary/aromatic N) is 5. The number of nitriles is 1. The van der Waals surface area contributed by atoms with E-state index in [1.54, 1.807) is 25.3 Å². The van der Waals surface area contributed by atoms with E-state index >= 15 is 0 Å². The highest BCUT2D eigenvalue weighted by molar-refractivity contribution is 7.18. The summed E-state index contributed by atoms with van der Waals surface area (Å²) in [5, 5.41) is 16.4. The summed E-state index contributed by atoms with van der Waals surface area (Å²) in [4.78, 5) is 32.2. The number of nitrogens with one attached hydrogen (secondary N) is 1. The minimum atomic E-state index is -0.769. The third kappa shape index (κ3) is 2.82. The van der Waals surface area contributed by atoms with E-state index in [4.69, 9.17) is 5.26 Å². The number of aryl methyl sites for hydroxylation is 3. The molecule has 8 nitrogen and oxygen atoms in total. The molecule has 1 aliphatic rings. The van der Waals surface area contributed by atoms with Crippen LogP contribution in [0.5, 0.6) is 0 Å². The Labute approximate surface area is 159 Å². The van der Waals surface area contributed by atoms with Crippen LogP contribution in [0.25, 0.3) is 10.2 Å². The van der Waals surface area contributed by atoms with Gasteiger partial charge in [0.25, 0.3) is 5.56 Å². The number of carbonyl (C=O) groups excluding carboxylic acids is 1. The van der Waals surface area contributed by atoms with Crippen molar-refractivity contribution in [2.45, 2.75) is 38.6 Å². The van der Waals surface area contributed by atoms with Crippen molar-refractivity contribution in [1.82, 2.24) is 19.3 Å². The molecule has 3 heterocycles. The third-order valence-electron chi connectivity index (χ3n) is 5.00. The number of fused-ring (bicyclic) bond motifs is 3. The molecule has 0 fully saturated rings. The van der Waals surface area contributed by atoms with Gasteiger partial charge in [-0.1, -0.05) is 0 Å². The molecule has 0 saturated carbocycles. The van der Waals surface area contributed by atoms with Gasteiger partial charge in [-0.25, -0.2) is 4.98 Å². The van der Waals surface area contributed by atoms with Gasteiger partial charge >= 0.3 is 0 Å². The SMILES string of the molecule is CC(C(=O)Nc1c(C#N)cnn1C)n1cnc2sc3c(c2c1=O)CCCC3. The second-order valence-corrected chi connectivity index (χ2v) is 7.74. The molecule has 27 heavy (non-hydrogen) atoms. The van der Waals surface area contributed by atoms with E-state index in [1.165, 1.54) is 26.7 Å². The minimum absolute atomic E-state index is 0.187. The topological polar surface area (TPSA) is 106 Å². The molecule has 138 valence electrons. The standard InChI is InChI=1S/C18H18N6O2S/c1-10(16(25)22-15-11(7-19)8-21-23(15)2)24-9-20-17-14(18(24)26)12-5-3-4-6-13(12)27-17/h8-10H,3-6H2,1-2H3,(H,22,25). The van der Waals surface area contributed by atoms with Gasteiger partial charge in [-0.3, -0.25) is 18.8 Å². The van der Waals surface area contributed by atoms with Gasteiger partial charge in [0, 0.05) is 11.9 Å². The number of carbonyl (C=O) groups is 1. The number of thiophene rings is 1. The Hall–Kier alpha value is -2.99. The van der Waals surface area contributed by atoms with Crippen LogP contribution in [0.15, 0.2) is 17.3 Å². The van der Waals surface area contributed by atoms with E-state index in [0.29, 0.717) is 11.2 Å². The van der Waals surface area contributed by atoms with Crippen molar-refractivity contribution in [3.8, 4) is 6.07 Å². The van der Waals surface area contributed by atoms with Gasteiger partial charge in [-0.2, -0.15) is 10.4 Å². The van der Waals surface area contributed by atoms with Crippen LogP contribution in [-0.2, 0) is 24.7 Å². The van der Waals surface area contributed by atoms with Crippen LogP contribution in [0, 0.1) is 11.3 Å². The van der Waals surface area contributed by atoms with Gasteiger partial charge in [0.15, 0.2) is 0 Å². The molecular formula is C18H18N6O2S. The summed E-state index contributed by atoms with van der Waals surface area (Å²) < 4.78 is 2.78. The molecule has 0 aliphatic heterocycles. The van der Waals surface area contributed by atoms with Crippen LogP contribution in [-0.4, -0.2) is 25.2 Å². The molecular weight excluding hydrogens is 364 g/mol. The van der Waals surface area contributed by atoms with Gasteiger partial charge in [0.1, 0.15) is 28.3 Å². The van der Waals surface area contributed by atoms with Gasteiger partial charge in [0.05, 0.1) is 17.9 Å². The molecule has 1 amide bonds.